The molecular weight excluding hydrogens is 250 g/mol. The van der Waals surface area contributed by atoms with Gasteiger partial charge in [-0.1, -0.05) is 25.5 Å². The topological polar surface area (TPSA) is 30.5 Å². The Morgan fingerprint density at radius 2 is 2.10 bits per heavy atom. The first kappa shape index (κ1) is 15.3. The van der Waals surface area contributed by atoms with Crippen molar-refractivity contribution < 1.29 is 9.47 Å². The van der Waals surface area contributed by atoms with Crippen LogP contribution in [0, 0.1) is 0 Å². The molecule has 0 bridgehead atoms. The van der Waals surface area contributed by atoms with Crippen LogP contribution < -0.4 is 10.1 Å². The first-order valence-electron chi connectivity index (χ1n) is 7.74. The maximum atomic E-state index is 5.81. The third kappa shape index (κ3) is 4.22. The lowest BCUT2D eigenvalue weighted by atomic mass is 9.98. The molecule has 0 aromatic heterocycles. The highest BCUT2D eigenvalue weighted by Crippen LogP contribution is 2.22. The zero-order valence-electron chi connectivity index (χ0n) is 12.9. The molecule has 3 heteroatoms. The van der Waals surface area contributed by atoms with E-state index in [0.717, 1.165) is 25.2 Å². The Bertz CT molecular complexity index is 388. The van der Waals surface area contributed by atoms with Crippen LogP contribution in [0.25, 0.3) is 0 Å². The maximum Gasteiger partial charge on any atom is 0.118 e. The van der Waals surface area contributed by atoms with E-state index < -0.39 is 0 Å². The van der Waals surface area contributed by atoms with Crippen molar-refractivity contribution in [3.8, 4) is 5.75 Å². The second kappa shape index (κ2) is 7.65. The summed E-state index contributed by atoms with van der Waals surface area (Å²) in [6.07, 6.45) is 5.06. The monoisotopic (exact) mass is 277 g/mol. The van der Waals surface area contributed by atoms with Crippen LogP contribution in [0.15, 0.2) is 24.3 Å². The molecule has 0 amide bonds. The highest BCUT2D eigenvalue weighted by molar-refractivity contribution is 5.28. The summed E-state index contributed by atoms with van der Waals surface area (Å²) in [7, 11) is 1.70. The van der Waals surface area contributed by atoms with Crippen LogP contribution >= 0.6 is 0 Å². The Morgan fingerprint density at radius 3 is 2.75 bits per heavy atom. The molecule has 2 rings (SSSR count). The number of nitrogens with one attached hydrogen (secondary N) is 1. The first-order chi connectivity index (χ1) is 9.72. The zero-order chi connectivity index (χ0) is 14.4. The van der Waals surface area contributed by atoms with Gasteiger partial charge in [-0.15, -0.1) is 0 Å². The molecule has 0 spiro atoms. The van der Waals surface area contributed by atoms with Gasteiger partial charge in [0, 0.05) is 18.7 Å². The lowest BCUT2D eigenvalue weighted by Crippen LogP contribution is -2.40. The summed E-state index contributed by atoms with van der Waals surface area (Å²) in [5.41, 5.74) is 1.31. The molecule has 20 heavy (non-hydrogen) atoms. The van der Waals surface area contributed by atoms with E-state index in [4.69, 9.17) is 9.47 Å². The van der Waals surface area contributed by atoms with E-state index in [1.165, 1.54) is 18.4 Å². The minimum Gasteiger partial charge on any atom is -0.497 e. The lowest BCUT2D eigenvalue weighted by molar-refractivity contribution is -0.00472. The normalized spacial score (nSPS) is 24.4. The summed E-state index contributed by atoms with van der Waals surface area (Å²) in [5, 5.41) is 3.74. The Morgan fingerprint density at radius 1 is 1.35 bits per heavy atom. The van der Waals surface area contributed by atoms with Gasteiger partial charge >= 0.3 is 0 Å². The summed E-state index contributed by atoms with van der Waals surface area (Å²) in [6, 6.07) is 9.26. The Balaban J connectivity index is 1.87. The van der Waals surface area contributed by atoms with Crippen LogP contribution in [0.4, 0.5) is 0 Å². The molecule has 1 aromatic rings. The van der Waals surface area contributed by atoms with E-state index in [-0.39, 0.29) is 0 Å². The van der Waals surface area contributed by atoms with E-state index in [0.29, 0.717) is 18.2 Å². The second-order valence-corrected chi connectivity index (χ2v) is 5.66. The fraction of sp³-hybridized carbons (Fsp3) is 0.647. The molecule has 1 N–H and O–H groups in total. The molecule has 1 aliphatic heterocycles. The van der Waals surface area contributed by atoms with Crippen molar-refractivity contribution in [2.75, 3.05) is 13.7 Å². The number of hydrogen-bond donors (Lipinski definition) is 1. The summed E-state index contributed by atoms with van der Waals surface area (Å²) >= 11 is 0. The quantitative estimate of drug-likeness (QED) is 0.860. The number of ether oxygens (including phenoxy) is 2. The van der Waals surface area contributed by atoms with Crippen LogP contribution in [0.3, 0.4) is 0 Å². The van der Waals surface area contributed by atoms with Gasteiger partial charge in [-0.25, -0.2) is 0 Å². The van der Waals surface area contributed by atoms with Crippen LogP contribution in [0.2, 0.25) is 0 Å². The highest BCUT2D eigenvalue weighted by atomic mass is 16.5. The fourth-order valence-electron chi connectivity index (χ4n) is 2.90. The van der Waals surface area contributed by atoms with Crippen molar-refractivity contribution in [2.45, 2.75) is 57.7 Å². The van der Waals surface area contributed by atoms with Crippen molar-refractivity contribution in [2.24, 2.45) is 0 Å². The minimum absolute atomic E-state index is 0.367. The third-order valence-corrected chi connectivity index (χ3v) is 4.08. The van der Waals surface area contributed by atoms with Gasteiger partial charge in [0.2, 0.25) is 0 Å². The maximum absolute atomic E-state index is 5.81. The Hall–Kier alpha value is -1.06. The van der Waals surface area contributed by atoms with Gasteiger partial charge in [0.25, 0.3) is 0 Å². The van der Waals surface area contributed by atoms with E-state index in [1.54, 1.807) is 7.11 Å². The molecule has 1 fully saturated rings. The molecule has 112 valence electrons. The molecular formula is C17H27NO2. The number of methoxy groups -OCH3 is 1. The highest BCUT2D eigenvalue weighted by Gasteiger charge is 2.23. The van der Waals surface area contributed by atoms with E-state index in [1.807, 2.05) is 12.1 Å². The molecule has 0 saturated carbocycles. The minimum atomic E-state index is 0.367. The van der Waals surface area contributed by atoms with E-state index in [9.17, 15) is 0 Å². The van der Waals surface area contributed by atoms with Gasteiger partial charge in [0.15, 0.2) is 0 Å². The smallest absolute Gasteiger partial charge is 0.118 e. The molecule has 1 saturated heterocycles. The molecule has 0 aliphatic carbocycles. The van der Waals surface area contributed by atoms with Gasteiger partial charge in [-0.2, -0.15) is 0 Å². The Kier molecular flexibility index (Phi) is 5.86. The fourth-order valence-corrected chi connectivity index (χ4v) is 2.90. The molecule has 1 aromatic carbocycles. The number of benzene rings is 1. The van der Waals surface area contributed by atoms with E-state index in [2.05, 4.69) is 31.3 Å². The van der Waals surface area contributed by atoms with Crippen molar-refractivity contribution in [3.63, 3.8) is 0 Å². The standard InChI is InChI=1S/C17H27NO2/c1-4-5-17-12-15(10-11-20-17)18-13(2)14-6-8-16(19-3)9-7-14/h6-9,13,15,17-18H,4-5,10-12H2,1-3H3. The summed E-state index contributed by atoms with van der Waals surface area (Å²) < 4.78 is 11.0. The Labute approximate surface area is 122 Å². The molecule has 3 nitrogen and oxygen atoms in total. The molecule has 1 heterocycles. The SMILES string of the molecule is CCCC1CC(NC(C)c2ccc(OC)cc2)CCO1. The average molecular weight is 277 g/mol. The van der Waals surface area contributed by atoms with Crippen LogP contribution in [0.5, 0.6) is 5.75 Å². The predicted octanol–water partition coefficient (Wildman–Crippen LogP) is 3.69. The number of hydrogen-bond acceptors (Lipinski definition) is 3. The molecule has 3 atom stereocenters. The van der Waals surface area contributed by atoms with Gasteiger partial charge < -0.3 is 14.8 Å². The van der Waals surface area contributed by atoms with Crippen LogP contribution in [-0.2, 0) is 4.74 Å². The third-order valence-electron chi connectivity index (χ3n) is 4.08. The molecule has 0 radical (unpaired) electrons. The molecule has 1 aliphatic rings. The van der Waals surface area contributed by atoms with Crippen molar-refractivity contribution in [3.05, 3.63) is 29.8 Å². The zero-order valence-corrected chi connectivity index (χ0v) is 12.9. The van der Waals surface area contributed by atoms with Crippen molar-refractivity contribution in [1.29, 1.82) is 0 Å². The van der Waals surface area contributed by atoms with Crippen molar-refractivity contribution >= 4 is 0 Å². The average Bonchev–Trinajstić information content (AvgIpc) is 2.48. The predicted molar refractivity (Wildman–Crippen MR) is 82.2 cm³/mol. The van der Waals surface area contributed by atoms with Gasteiger partial charge in [0.1, 0.15) is 5.75 Å². The van der Waals surface area contributed by atoms with Crippen molar-refractivity contribution in [1.82, 2.24) is 5.32 Å². The summed E-state index contributed by atoms with van der Waals surface area (Å²) in [4.78, 5) is 0. The van der Waals surface area contributed by atoms with Crippen LogP contribution in [0.1, 0.15) is 51.1 Å². The first-order valence-corrected chi connectivity index (χ1v) is 7.74. The van der Waals surface area contributed by atoms with E-state index >= 15 is 0 Å². The van der Waals surface area contributed by atoms with Gasteiger partial charge in [0.05, 0.1) is 13.2 Å². The molecule has 3 unspecified atom stereocenters. The largest absolute Gasteiger partial charge is 0.497 e. The number of rotatable bonds is 6. The van der Waals surface area contributed by atoms with Crippen LogP contribution in [-0.4, -0.2) is 25.9 Å². The lowest BCUT2D eigenvalue weighted by Gasteiger charge is -2.32. The van der Waals surface area contributed by atoms with Gasteiger partial charge in [-0.05, 0) is 43.9 Å². The van der Waals surface area contributed by atoms with Gasteiger partial charge in [-0.3, -0.25) is 0 Å². The summed E-state index contributed by atoms with van der Waals surface area (Å²) in [6.45, 7) is 5.34. The summed E-state index contributed by atoms with van der Waals surface area (Å²) in [5.74, 6) is 0.912. The second-order valence-electron chi connectivity index (χ2n) is 5.66.